The highest BCUT2D eigenvalue weighted by atomic mass is 16.5. The van der Waals surface area contributed by atoms with Crippen molar-refractivity contribution in [3.05, 3.63) is 0 Å². The molecule has 212 valence electrons. The zero-order valence-corrected chi connectivity index (χ0v) is 23.9. The van der Waals surface area contributed by atoms with E-state index >= 15 is 0 Å². The first-order chi connectivity index (χ1) is 17.6. The van der Waals surface area contributed by atoms with Crippen LogP contribution in [0.3, 0.4) is 0 Å². The van der Waals surface area contributed by atoms with Crippen LogP contribution in [0.4, 0.5) is 0 Å². The molecule has 0 spiro atoms. The van der Waals surface area contributed by atoms with Crippen molar-refractivity contribution >= 4 is 11.9 Å². The highest BCUT2D eigenvalue weighted by Crippen LogP contribution is 2.68. The Kier molecular flexibility index (Phi) is 9.00. The average Bonchev–Trinajstić information content (AvgIpc) is 3.25. The second-order valence-corrected chi connectivity index (χ2v) is 13.6. The van der Waals surface area contributed by atoms with Crippen LogP contribution >= 0.6 is 0 Å². The number of esters is 2. The van der Waals surface area contributed by atoms with Crippen LogP contribution in [-0.4, -0.2) is 47.6 Å². The molecule has 0 aromatic rings. The van der Waals surface area contributed by atoms with Crippen LogP contribution in [-0.2, 0) is 19.1 Å². The molecule has 6 heteroatoms. The van der Waals surface area contributed by atoms with Crippen molar-refractivity contribution in [3.63, 3.8) is 0 Å². The summed E-state index contributed by atoms with van der Waals surface area (Å²) in [5, 5.41) is 20.7. The molecule has 0 amide bonds. The highest BCUT2D eigenvalue weighted by molar-refractivity contribution is 5.72. The number of hydrogen-bond donors (Lipinski definition) is 2. The average molecular weight is 521 g/mol. The first-order valence-electron chi connectivity index (χ1n) is 15.2. The maximum absolute atomic E-state index is 12.4. The molecule has 6 nitrogen and oxygen atoms in total. The lowest BCUT2D eigenvalue weighted by Crippen LogP contribution is -2.59. The molecule has 11 atom stereocenters. The van der Waals surface area contributed by atoms with Gasteiger partial charge < -0.3 is 19.7 Å². The van der Waals surface area contributed by atoms with Gasteiger partial charge in [-0.25, -0.2) is 0 Å². The van der Waals surface area contributed by atoms with Crippen LogP contribution in [0.25, 0.3) is 0 Å². The van der Waals surface area contributed by atoms with Crippen LogP contribution in [0.5, 0.6) is 0 Å². The molecule has 37 heavy (non-hydrogen) atoms. The Balaban J connectivity index is 1.42. The molecule has 0 aromatic heterocycles. The molecule has 0 aliphatic heterocycles. The molecule has 0 heterocycles. The fraction of sp³-hybridized carbons (Fsp3) is 0.935. The molecule has 0 aromatic carbocycles. The van der Waals surface area contributed by atoms with Crippen LogP contribution in [0.1, 0.15) is 105 Å². The van der Waals surface area contributed by atoms with Gasteiger partial charge in [-0.3, -0.25) is 9.59 Å². The molecule has 2 N–H and O–H groups in total. The zero-order valence-electron chi connectivity index (χ0n) is 23.9. The summed E-state index contributed by atoms with van der Waals surface area (Å²) in [5.41, 5.74) is 0.118. The van der Waals surface area contributed by atoms with Crippen molar-refractivity contribution in [2.24, 2.45) is 52.3 Å². The van der Waals surface area contributed by atoms with E-state index in [1.807, 2.05) is 13.8 Å². The van der Waals surface area contributed by atoms with Crippen LogP contribution < -0.4 is 0 Å². The molecule has 4 aliphatic rings. The van der Waals surface area contributed by atoms with E-state index in [0.29, 0.717) is 41.9 Å². The minimum absolute atomic E-state index is 0.0286. The highest BCUT2D eigenvalue weighted by Gasteiger charge is 2.63. The lowest BCUT2D eigenvalue weighted by atomic mass is 9.43. The van der Waals surface area contributed by atoms with E-state index in [9.17, 15) is 14.7 Å². The van der Waals surface area contributed by atoms with E-state index in [2.05, 4.69) is 20.8 Å². The molecule has 0 saturated heterocycles. The van der Waals surface area contributed by atoms with Crippen LogP contribution in [0, 0.1) is 52.3 Å². The predicted molar refractivity (Wildman–Crippen MR) is 142 cm³/mol. The zero-order chi connectivity index (χ0) is 27.0. The molecule has 4 fully saturated rings. The number of aliphatic hydroxyl groups excluding tert-OH is 2. The maximum atomic E-state index is 12.4. The molecular weight excluding hydrogens is 468 g/mol. The Hall–Kier alpha value is -1.14. The van der Waals surface area contributed by atoms with Crippen molar-refractivity contribution in [3.8, 4) is 0 Å². The van der Waals surface area contributed by atoms with Gasteiger partial charge in [0.15, 0.2) is 0 Å². The molecular formula is C31H52O6. The summed E-state index contributed by atoms with van der Waals surface area (Å²) in [6, 6.07) is 0. The van der Waals surface area contributed by atoms with Gasteiger partial charge in [-0.15, -0.1) is 0 Å². The van der Waals surface area contributed by atoms with Crippen LogP contribution in [0.15, 0.2) is 0 Å². The number of hydrogen-bond acceptors (Lipinski definition) is 6. The van der Waals surface area contributed by atoms with Gasteiger partial charge in [-0.2, -0.15) is 0 Å². The van der Waals surface area contributed by atoms with Gasteiger partial charge in [0.2, 0.25) is 0 Å². The first-order valence-corrected chi connectivity index (χ1v) is 15.2. The largest absolute Gasteiger partial charge is 0.463 e. The normalized spacial score (nSPS) is 42.6. The quantitative estimate of drug-likeness (QED) is 0.389. The monoisotopic (exact) mass is 520 g/mol. The third-order valence-corrected chi connectivity index (χ3v) is 11.9. The van der Waals surface area contributed by atoms with Crippen molar-refractivity contribution in [1.82, 2.24) is 0 Å². The van der Waals surface area contributed by atoms with E-state index in [1.165, 1.54) is 19.3 Å². The van der Waals surface area contributed by atoms with E-state index in [-0.39, 0.29) is 54.1 Å². The summed E-state index contributed by atoms with van der Waals surface area (Å²) in [6.45, 7) is 11.0. The van der Waals surface area contributed by atoms with Gasteiger partial charge in [0, 0.05) is 6.42 Å². The van der Waals surface area contributed by atoms with Crippen molar-refractivity contribution in [2.75, 3.05) is 13.2 Å². The summed E-state index contributed by atoms with van der Waals surface area (Å²) in [7, 11) is 0. The molecule has 4 saturated carbocycles. The molecule has 4 rings (SSSR count). The number of rotatable bonds is 9. The molecule has 0 radical (unpaired) electrons. The standard InChI is InChI=1S/C31H52O6/c1-6-19(2)29(35)37-22-13-14-30(4)21(17-22)8-9-23-25-11-10-24(31(25,5)27(33)18-26(23)30)20(3)7-12-28(34)36-16-15-32/h19-27,32-33H,6-18H2,1-5H3/t19?,20?,21?,22?,23?,24?,25?,26?,27?,30-,31+/m0/s1. The molecule has 9 unspecified atom stereocenters. The Labute approximate surface area is 224 Å². The van der Waals surface area contributed by atoms with Gasteiger partial charge in [0.05, 0.1) is 18.6 Å². The minimum atomic E-state index is -0.313. The predicted octanol–water partition coefficient (Wildman–Crippen LogP) is 5.53. The van der Waals surface area contributed by atoms with Gasteiger partial charge in [0.25, 0.3) is 0 Å². The number of fused-ring (bicyclic) bond motifs is 5. The topological polar surface area (TPSA) is 93.1 Å². The first kappa shape index (κ1) is 28.9. The van der Waals surface area contributed by atoms with Gasteiger partial charge in [0.1, 0.15) is 12.7 Å². The van der Waals surface area contributed by atoms with Gasteiger partial charge >= 0.3 is 11.9 Å². The summed E-state index contributed by atoms with van der Waals surface area (Å²) >= 11 is 0. The Morgan fingerprint density at radius 3 is 2.49 bits per heavy atom. The summed E-state index contributed by atoms with van der Waals surface area (Å²) < 4.78 is 11.0. The third-order valence-electron chi connectivity index (χ3n) is 11.9. The number of carbonyl (C=O) groups is 2. The Morgan fingerprint density at radius 2 is 1.78 bits per heavy atom. The van der Waals surface area contributed by atoms with E-state index in [4.69, 9.17) is 14.6 Å². The van der Waals surface area contributed by atoms with Crippen LogP contribution in [0.2, 0.25) is 0 Å². The molecule has 0 bridgehead atoms. The maximum Gasteiger partial charge on any atom is 0.308 e. The van der Waals surface area contributed by atoms with Crippen molar-refractivity contribution < 1.29 is 29.3 Å². The van der Waals surface area contributed by atoms with E-state index in [1.54, 1.807) is 0 Å². The number of carbonyl (C=O) groups excluding carboxylic acids is 2. The lowest BCUT2D eigenvalue weighted by Gasteiger charge is -2.62. The molecule has 4 aliphatic carbocycles. The van der Waals surface area contributed by atoms with Gasteiger partial charge in [-0.1, -0.05) is 34.6 Å². The lowest BCUT2D eigenvalue weighted by molar-refractivity contribution is -0.183. The number of ether oxygens (including phenoxy) is 2. The fourth-order valence-electron chi connectivity index (χ4n) is 9.48. The Morgan fingerprint density at radius 1 is 1.03 bits per heavy atom. The third kappa shape index (κ3) is 5.35. The second kappa shape index (κ2) is 11.5. The van der Waals surface area contributed by atoms with Gasteiger partial charge in [-0.05, 0) is 111 Å². The summed E-state index contributed by atoms with van der Waals surface area (Å²) in [4.78, 5) is 24.5. The van der Waals surface area contributed by atoms with Crippen molar-refractivity contribution in [2.45, 2.75) is 117 Å². The van der Waals surface area contributed by atoms with E-state index in [0.717, 1.165) is 44.9 Å². The number of aliphatic hydroxyl groups is 2. The second-order valence-electron chi connectivity index (χ2n) is 13.6. The smallest absolute Gasteiger partial charge is 0.308 e. The van der Waals surface area contributed by atoms with E-state index < -0.39 is 0 Å². The summed E-state index contributed by atoms with van der Waals surface area (Å²) in [5.74, 6) is 2.75. The van der Waals surface area contributed by atoms with Crippen molar-refractivity contribution in [1.29, 1.82) is 0 Å². The summed E-state index contributed by atoms with van der Waals surface area (Å²) in [6.07, 6.45) is 10.3. The minimum Gasteiger partial charge on any atom is -0.463 e. The Bertz CT molecular complexity index is 814. The fourth-order valence-corrected chi connectivity index (χ4v) is 9.48. The SMILES string of the molecule is CCC(C)C(=O)OC1CC[C@@]2(C)C(CCC3C2CC(O)[C@]2(C)C(C(C)CCC(=O)OCCO)CCC32)C1.